The molecule has 1 aromatic heterocycles. The molecule has 0 aliphatic heterocycles. The number of alkyl halides is 3. The Morgan fingerprint density at radius 3 is 2.56 bits per heavy atom. The van der Waals surface area contributed by atoms with Gasteiger partial charge in [0.2, 0.25) is 0 Å². The molecule has 0 radical (unpaired) electrons. The van der Waals surface area contributed by atoms with Crippen LogP contribution in [0.15, 0.2) is 16.7 Å². The van der Waals surface area contributed by atoms with Crippen LogP contribution in [0, 0.1) is 5.82 Å². The van der Waals surface area contributed by atoms with E-state index < -0.39 is 18.4 Å². The van der Waals surface area contributed by atoms with E-state index in [4.69, 9.17) is 0 Å². The molecule has 90 valence electrons. The molecule has 16 heavy (non-hydrogen) atoms. The van der Waals surface area contributed by atoms with E-state index in [0.29, 0.717) is 4.47 Å². The number of nitrogens with zero attached hydrogens (tertiary/aromatic N) is 2. The number of hydrogen-bond donors (Lipinski definition) is 0. The Balaban J connectivity index is 2.70. The number of rotatable bonds is 3. The van der Waals surface area contributed by atoms with Crippen molar-refractivity contribution < 1.29 is 17.6 Å². The second kappa shape index (κ2) is 4.99. The van der Waals surface area contributed by atoms with Gasteiger partial charge in [-0.05, 0) is 22.0 Å². The summed E-state index contributed by atoms with van der Waals surface area (Å²) >= 11 is 3.02. The topological polar surface area (TPSA) is 16.1 Å². The van der Waals surface area contributed by atoms with Gasteiger partial charge in [0.05, 0.1) is 6.42 Å². The van der Waals surface area contributed by atoms with Crippen LogP contribution in [0.1, 0.15) is 6.42 Å². The highest BCUT2D eigenvalue weighted by atomic mass is 79.9. The van der Waals surface area contributed by atoms with Gasteiger partial charge in [-0.1, -0.05) is 0 Å². The van der Waals surface area contributed by atoms with Gasteiger partial charge in [-0.3, -0.25) is 0 Å². The first-order valence-corrected chi connectivity index (χ1v) is 5.18. The zero-order valence-corrected chi connectivity index (χ0v) is 9.94. The fourth-order valence-corrected chi connectivity index (χ4v) is 1.39. The van der Waals surface area contributed by atoms with Crippen molar-refractivity contribution in [3.05, 3.63) is 22.6 Å². The van der Waals surface area contributed by atoms with Crippen molar-refractivity contribution in [1.82, 2.24) is 4.98 Å². The van der Waals surface area contributed by atoms with Crippen LogP contribution >= 0.6 is 15.9 Å². The first-order chi connectivity index (χ1) is 7.29. The fraction of sp³-hybridized carbons (Fsp3) is 0.444. The van der Waals surface area contributed by atoms with Gasteiger partial charge in [0.25, 0.3) is 0 Å². The highest BCUT2D eigenvalue weighted by molar-refractivity contribution is 9.10. The summed E-state index contributed by atoms with van der Waals surface area (Å²) in [6, 6.07) is 1.16. The van der Waals surface area contributed by atoms with Crippen molar-refractivity contribution in [2.24, 2.45) is 0 Å². The van der Waals surface area contributed by atoms with Crippen LogP contribution < -0.4 is 4.90 Å². The molecule has 0 saturated carbocycles. The van der Waals surface area contributed by atoms with E-state index in [-0.39, 0.29) is 12.4 Å². The Hall–Kier alpha value is -0.850. The molecule has 1 rings (SSSR count). The minimum atomic E-state index is -4.25. The minimum absolute atomic E-state index is 0.0903. The minimum Gasteiger partial charge on any atom is -0.357 e. The van der Waals surface area contributed by atoms with Crippen LogP contribution in [-0.4, -0.2) is 24.8 Å². The molecule has 0 aliphatic rings. The molecule has 1 aromatic rings. The lowest BCUT2D eigenvalue weighted by molar-refractivity contribution is -0.132. The molecule has 0 aromatic carbocycles. The lowest BCUT2D eigenvalue weighted by atomic mass is 10.3. The molecule has 7 heteroatoms. The molecular formula is C9H9BrF4N2. The van der Waals surface area contributed by atoms with Crippen LogP contribution in [-0.2, 0) is 0 Å². The molecule has 0 fully saturated rings. The SMILES string of the molecule is CN(CCC(F)(F)F)c1ncc(Br)cc1F. The van der Waals surface area contributed by atoms with E-state index in [1.165, 1.54) is 13.2 Å². The molecule has 0 bridgehead atoms. The normalized spacial score (nSPS) is 11.6. The summed E-state index contributed by atoms with van der Waals surface area (Å²) in [6.07, 6.45) is -3.91. The van der Waals surface area contributed by atoms with Gasteiger partial charge in [-0.15, -0.1) is 0 Å². The van der Waals surface area contributed by atoms with Crippen LogP contribution in [0.2, 0.25) is 0 Å². The molecule has 0 saturated heterocycles. The van der Waals surface area contributed by atoms with Gasteiger partial charge in [0.15, 0.2) is 11.6 Å². The highest BCUT2D eigenvalue weighted by Gasteiger charge is 2.27. The summed E-state index contributed by atoms with van der Waals surface area (Å²) in [4.78, 5) is 4.85. The second-order valence-corrected chi connectivity index (χ2v) is 4.16. The monoisotopic (exact) mass is 300 g/mol. The van der Waals surface area contributed by atoms with Crippen LogP contribution in [0.5, 0.6) is 0 Å². The number of hydrogen-bond acceptors (Lipinski definition) is 2. The fourth-order valence-electron chi connectivity index (χ4n) is 1.09. The summed E-state index contributed by atoms with van der Waals surface area (Å²) in [5, 5.41) is 0. The van der Waals surface area contributed by atoms with Crippen molar-refractivity contribution in [2.45, 2.75) is 12.6 Å². The molecule has 0 aliphatic carbocycles. The summed E-state index contributed by atoms with van der Waals surface area (Å²) in [7, 11) is 1.37. The molecule has 0 spiro atoms. The lowest BCUT2D eigenvalue weighted by Crippen LogP contribution is -2.25. The number of pyridine rings is 1. The molecule has 0 unspecified atom stereocenters. The number of aromatic nitrogens is 1. The molecule has 0 atom stereocenters. The maximum absolute atomic E-state index is 13.3. The van der Waals surface area contributed by atoms with Gasteiger partial charge in [-0.2, -0.15) is 13.2 Å². The third kappa shape index (κ3) is 3.96. The lowest BCUT2D eigenvalue weighted by Gasteiger charge is -2.19. The van der Waals surface area contributed by atoms with Crippen LogP contribution in [0.3, 0.4) is 0 Å². The zero-order chi connectivity index (χ0) is 12.3. The second-order valence-electron chi connectivity index (χ2n) is 3.25. The predicted octanol–water partition coefficient (Wildman–Crippen LogP) is 3.37. The summed E-state index contributed by atoms with van der Waals surface area (Å²) in [5.41, 5.74) is 0. The average molecular weight is 301 g/mol. The Morgan fingerprint density at radius 1 is 1.44 bits per heavy atom. The molecule has 1 heterocycles. The van der Waals surface area contributed by atoms with Crippen molar-refractivity contribution >= 4 is 21.7 Å². The largest absolute Gasteiger partial charge is 0.390 e. The van der Waals surface area contributed by atoms with Gasteiger partial charge in [-0.25, -0.2) is 9.37 Å². The van der Waals surface area contributed by atoms with Gasteiger partial charge < -0.3 is 4.90 Å². The Morgan fingerprint density at radius 2 is 2.06 bits per heavy atom. The van der Waals surface area contributed by atoms with E-state index >= 15 is 0 Å². The first-order valence-electron chi connectivity index (χ1n) is 4.38. The third-order valence-corrected chi connectivity index (χ3v) is 2.31. The maximum atomic E-state index is 13.3. The van der Waals surface area contributed by atoms with Crippen molar-refractivity contribution in [3.63, 3.8) is 0 Å². The van der Waals surface area contributed by atoms with Gasteiger partial charge in [0.1, 0.15) is 0 Å². The summed E-state index contributed by atoms with van der Waals surface area (Å²) in [5.74, 6) is -0.744. The van der Waals surface area contributed by atoms with E-state index in [9.17, 15) is 17.6 Å². The van der Waals surface area contributed by atoms with E-state index in [0.717, 1.165) is 11.0 Å². The van der Waals surface area contributed by atoms with E-state index in [1.54, 1.807) is 0 Å². The third-order valence-electron chi connectivity index (χ3n) is 1.88. The Kier molecular flexibility index (Phi) is 4.12. The Labute approximate surface area is 98.4 Å². The summed E-state index contributed by atoms with van der Waals surface area (Å²) < 4.78 is 49.6. The van der Waals surface area contributed by atoms with Gasteiger partial charge >= 0.3 is 6.18 Å². The first kappa shape index (κ1) is 13.2. The number of anilines is 1. The standard InChI is InChI=1S/C9H9BrF4N2/c1-16(3-2-9(12,13)14)8-7(11)4-6(10)5-15-8/h4-5H,2-3H2,1H3. The van der Waals surface area contributed by atoms with Crippen LogP contribution in [0.4, 0.5) is 23.4 Å². The predicted molar refractivity (Wildman–Crippen MR) is 55.8 cm³/mol. The average Bonchev–Trinajstić information content (AvgIpc) is 2.13. The van der Waals surface area contributed by atoms with Crippen molar-refractivity contribution in [1.29, 1.82) is 0 Å². The van der Waals surface area contributed by atoms with E-state index in [2.05, 4.69) is 20.9 Å². The molecular weight excluding hydrogens is 292 g/mol. The van der Waals surface area contributed by atoms with Crippen molar-refractivity contribution in [3.8, 4) is 0 Å². The van der Waals surface area contributed by atoms with Crippen LogP contribution in [0.25, 0.3) is 0 Å². The highest BCUT2D eigenvalue weighted by Crippen LogP contribution is 2.23. The van der Waals surface area contributed by atoms with E-state index in [1.807, 2.05) is 0 Å². The molecule has 0 N–H and O–H groups in total. The maximum Gasteiger partial charge on any atom is 0.390 e. The van der Waals surface area contributed by atoms with Crippen molar-refractivity contribution in [2.75, 3.05) is 18.5 Å². The quantitative estimate of drug-likeness (QED) is 0.796. The molecule has 0 amide bonds. The van der Waals surface area contributed by atoms with Gasteiger partial charge in [0, 0.05) is 24.3 Å². The smallest absolute Gasteiger partial charge is 0.357 e. The Bertz CT molecular complexity index is 367. The zero-order valence-electron chi connectivity index (χ0n) is 8.35. The summed E-state index contributed by atoms with van der Waals surface area (Å²) in [6.45, 7) is -0.324. The number of halogens is 5. The molecule has 2 nitrogen and oxygen atoms in total.